The van der Waals surface area contributed by atoms with Crippen LogP contribution in [0.5, 0.6) is 69.0 Å². The number of benzene rings is 4. The number of fused-ring (bicyclic) bond motifs is 4. The van der Waals surface area contributed by atoms with Gasteiger partial charge in [-0.1, -0.05) is 0 Å². The van der Waals surface area contributed by atoms with Gasteiger partial charge in [-0.25, -0.2) is 24.0 Å². The van der Waals surface area contributed by atoms with E-state index < -0.39 is 204 Å². The number of cyclic esters (lactones) is 1. The van der Waals surface area contributed by atoms with E-state index in [4.69, 9.17) is 33.2 Å². The molecular formula is C41H28O27. The summed E-state index contributed by atoms with van der Waals surface area (Å²) in [5.74, 6) is -36.5. The van der Waals surface area contributed by atoms with Gasteiger partial charge in [-0.3, -0.25) is 4.79 Å². The topological polar surface area (TPSA) is 450 Å². The normalized spacial score (nSPS) is 25.7. The third-order valence-corrected chi connectivity index (χ3v) is 11.5. The van der Waals surface area contributed by atoms with Crippen molar-refractivity contribution >= 4 is 35.6 Å². The Balaban J connectivity index is 1.30. The Morgan fingerprint density at radius 1 is 0.574 bits per heavy atom. The number of ether oxygens (including phenoxy) is 7. The van der Waals surface area contributed by atoms with Crippen LogP contribution in [0.15, 0.2) is 42.0 Å². The average molecular weight is 953 g/mol. The number of carbonyl (C=O) groups excluding carboxylic acids is 6. The smallest absolute Gasteiger partial charge is 0.340 e. The number of aliphatic hydroxyl groups is 3. The van der Waals surface area contributed by atoms with Gasteiger partial charge in [0.05, 0.1) is 33.7 Å². The zero-order valence-corrected chi connectivity index (χ0v) is 33.2. The van der Waals surface area contributed by atoms with Crippen LogP contribution in [0.25, 0.3) is 11.1 Å². The standard InChI is InChI=1S/C41H28O27/c42-13-1-8(2-14(43)24(13)48)34(54)67-39-33-32-30(64-38(58)12-6-19(47)41(61)40(59,60)23(12)22-11(37(57)66-33)5-17(46)27(51)31(22)68-41)18(63-39)7-62-35(55)9-3-15(44)25(49)28(52)20(9)21-10(36(56)65-32)4-16(45)26(50)29(21)53/h1-6,18,23,30,32-33,39,42-46,48-53,59-61H,7H2/t18-,23+,30-,32+,33-,39-,41+/m1/s1. The fourth-order valence-electron chi connectivity index (χ4n) is 8.25. The van der Waals surface area contributed by atoms with Crippen molar-refractivity contribution in [3.63, 3.8) is 0 Å². The maximum atomic E-state index is 14.6. The lowest BCUT2D eigenvalue weighted by atomic mass is 9.70. The molecule has 0 saturated carbocycles. The number of phenolic OH excluding ortho intramolecular Hbond substituents is 11. The zero-order valence-electron chi connectivity index (χ0n) is 33.2. The molecular weight excluding hydrogens is 924 g/mol. The number of aromatic hydroxyl groups is 11. The van der Waals surface area contributed by atoms with Crippen molar-refractivity contribution < 1.29 is 133 Å². The summed E-state index contributed by atoms with van der Waals surface area (Å²) >= 11 is 0. The highest BCUT2D eigenvalue weighted by Gasteiger charge is 2.70. The number of hydrogen-bond acceptors (Lipinski definition) is 27. The van der Waals surface area contributed by atoms with Crippen LogP contribution in [0, 0.1) is 0 Å². The molecule has 4 heterocycles. The summed E-state index contributed by atoms with van der Waals surface area (Å²) in [5, 5.41) is 150. The minimum absolute atomic E-state index is 0.264. The van der Waals surface area contributed by atoms with E-state index in [0.29, 0.717) is 30.3 Å². The first-order valence-electron chi connectivity index (χ1n) is 19.1. The van der Waals surface area contributed by atoms with Crippen molar-refractivity contribution in [2.45, 2.75) is 48.2 Å². The van der Waals surface area contributed by atoms with E-state index in [9.17, 15) is 100 Å². The highest BCUT2D eigenvalue weighted by Crippen LogP contribution is 2.59. The van der Waals surface area contributed by atoms with Crippen molar-refractivity contribution in [3.05, 3.63) is 69.8 Å². The Morgan fingerprint density at radius 2 is 1.07 bits per heavy atom. The number of phenols is 11. The average Bonchev–Trinajstić information content (AvgIpc) is 3.28. The summed E-state index contributed by atoms with van der Waals surface area (Å²) in [7, 11) is 0. The van der Waals surface area contributed by atoms with Gasteiger partial charge in [0.15, 0.2) is 64.0 Å². The quantitative estimate of drug-likeness (QED) is 0.0491. The Morgan fingerprint density at radius 3 is 1.68 bits per heavy atom. The second kappa shape index (κ2) is 14.8. The van der Waals surface area contributed by atoms with E-state index >= 15 is 0 Å². The maximum Gasteiger partial charge on any atom is 0.340 e. The molecule has 1 aliphatic carbocycles. The van der Waals surface area contributed by atoms with Crippen molar-refractivity contribution in [2.24, 2.45) is 0 Å². The summed E-state index contributed by atoms with van der Waals surface area (Å²) in [4.78, 5) is 84.8. The Bertz CT molecular complexity index is 3020. The number of hydrogen-bond donors (Lipinski definition) is 14. The Kier molecular flexibility index (Phi) is 9.64. The number of rotatable bonds is 2. The molecule has 0 spiro atoms. The third kappa shape index (κ3) is 6.21. The molecule has 9 rings (SSSR count). The van der Waals surface area contributed by atoms with E-state index in [2.05, 4.69) is 0 Å². The molecule has 0 radical (unpaired) electrons. The SMILES string of the molecule is O=C1O[C@H]2[C@@H]3OC(=O)c4cc(O)c(O)c(O)c4-c4c(cc(O)c(O)c4O)C(=O)OC[C@H]2O[C@H](OC(=O)c2cc(O)c(O)c(O)c2)[C@@H]3OC(=O)c2cc(O)c(O)c3c2[C@@H]2C1=CC(=O)[C@](O)(O3)C2(O)O. The molecule has 14 N–H and O–H groups in total. The van der Waals surface area contributed by atoms with Crippen LogP contribution in [-0.2, 0) is 38.0 Å². The lowest BCUT2D eigenvalue weighted by Gasteiger charge is -2.49. The van der Waals surface area contributed by atoms with Gasteiger partial charge in [0, 0.05) is 16.7 Å². The van der Waals surface area contributed by atoms with Crippen LogP contribution in [0.3, 0.4) is 0 Å². The zero-order chi connectivity index (χ0) is 49.4. The highest BCUT2D eigenvalue weighted by molar-refractivity contribution is 6.10. The molecule has 0 amide bonds. The van der Waals surface area contributed by atoms with E-state index in [1.807, 2.05) is 0 Å². The van der Waals surface area contributed by atoms with Gasteiger partial charge < -0.3 is 105 Å². The lowest BCUT2D eigenvalue weighted by molar-refractivity contribution is -0.339. The first-order valence-corrected chi connectivity index (χ1v) is 19.1. The molecule has 68 heavy (non-hydrogen) atoms. The molecule has 4 aromatic carbocycles. The molecule has 4 aromatic rings. The van der Waals surface area contributed by atoms with Crippen molar-refractivity contribution in [1.29, 1.82) is 0 Å². The molecule has 0 unspecified atom stereocenters. The van der Waals surface area contributed by atoms with Gasteiger partial charge >= 0.3 is 35.6 Å². The van der Waals surface area contributed by atoms with Crippen molar-refractivity contribution in [1.82, 2.24) is 0 Å². The number of carbonyl (C=O) groups is 6. The number of esters is 5. The molecule has 1 fully saturated rings. The molecule has 7 atom stereocenters. The van der Waals surface area contributed by atoms with Gasteiger partial charge in [-0.2, -0.15) is 0 Å². The van der Waals surface area contributed by atoms with Crippen molar-refractivity contribution in [3.8, 4) is 80.1 Å². The fraction of sp³-hybridized carbons (Fsp3) is 0.220. The first kappa shape index (κ1) is 44.3. The van der Waals surface area contributed by atoms with E-state index in [1.165, 1.54) is 0 Å². The van der Waals surface area contributed by atoms with E-state index in [0.717, 1.165) is 0 Å². The molecule has 6 bridgehead atoms. The molecule has 27 nitrogen and oxygen atoms in total. The lowest BCUT2D eigenvalue weighted by Crippen LogP contribution is -2.70. The van der Waals surface area contributed by atoms with Crippen LogP contribution in [-0.4, -0.2) is 156 Å². The van der Waals surface area contributed by atoms with Gasteiger partial charge in [0.25, 0.3) is 5.79 Å². The monoisotopic (exact) mass is 952 g/mol. The van der Waals surface area contributed by atoms with Crippen LogP contribution < -0.4 is 4.74 Å². The first-order chi connectivity index (χ1) is 31.9. The van der Waals surface area contributed by atoms with Gasteiger partial charge in [-0.15, -0.1) is 0 Å². The third-order valence-electron chi connectivity index (χ3n) is 11.5. The van der Waals surface area contributed by atoms with Crippen LogP contribution in [0.2, 0.25) is 0 Å². The van der Waals surface area contributed by atoms with Gasteiger partial charge in [-0.05, 0) is 36.4 Å². The maximum absolute atomic E-state index is 14.6. The second-order valence-electron chi connectivity index (χ2n) is 15.5. The molecule has 354 valence electrons. The van der Waals surface area contributed by atoms with Crippen LogP contribution in [0.4, 0.5) is 0 Å². The van der Waals surface area contributed by atoms with Crippen LogP contribution in [0.1, 0.15) is 52.9 Å². The summed E-state index contributed by atoms with van der Waals surface area (Å²) in [6.07, 6.45) is -12.1. The Labute approximate surface area is 373 Å². The summed E-state index contributed by atoms with van der Waals surface area (Å²) in [6.45, 7) is -1.31. The minimum atomic E-state index is -3.98. The highest BCUT2D eigenvalue weighted by atomic mass is 16.8. The molecule has 27 heteroatoms. The predicted octanol–water partition coefficient (Wildman–Crippen LogP) is -1.10. The molecule has 4 aliphatic heterocycles. The van der Waals surface area contributed by atoms with E-state index in [1.54, 1.807) is 0 Å². The van der Waals surface area contributed by atoms with Crippen LogP contribution >= 0.6 is 0 Å². The molecule has 1 saturated heterocycles. The minimum Gasteiger partial charge on any atom is -0.504 e. The predicted molar refractivity (Wildman–Crippen MR) is 204 cm³/mol. The van der Waals surface area contributed by atoms with Gasteiger partial charge in [0.1, 0.15) is 12.7 Å². The van der Waals surface area contributed by atoms with Gasteiger partial charge in [0.2, 0.25) is 35.4 Å². The largest absolute Gasteiger partial charge is 0.504 e. The second-order valence-corrected chi connectivity index (χ2v) is 15.5. The molecule has 5 aliphatic rings. The van der Waals surface area contributed by atoms with Crippen molar-refractivity contribution in [2.75, 3.05) is 6.61 Å². The Hall–Kier alpha value is -8.92. The summed E-state index contributed by atoms with van der Waals surface area (Å²) < 4.78 is 38.9. The fourth-order valence-corrected chi connectivity index (χ4v) is 8.25. The summed E-state index contributed by atoms with van der Waals surface area (Å²) in [5.41, 5.74) is -8.48. The van der Waals surface area contributed by atoms with E-state index in [-0.39, 0.29) is 6.08 Å². The summed E-state index contributed by atoms with van der Waals surface area (Å²) in [6, 6.07) is 2.32. The molecule has 0 aromatic heterocycles. The number of ketones is 1.